The molecule has 0 spiro atoms. The molecule has 1 unspecified atom stereocenters. The fraction of sp³-hybridized carbons (Fsp3) is 0.500. The van der Waals surface area contributed by atoms with Crippen LogP contribution in [0.2, 0.25) is 0 Å². The first-order valence-corrected chi connectivity index (χ1v) is 5.69. The van der Waals surface area contributed by atoms with Gasteiger partial charge in [0.1, 0.15) is 5.82 Å². The van der Waals surface area contributed by atoms with E-state index in [9.17, 15) is 4.79 Å². The number of imidazole rings is 1. The van der Waals surface area contributed by atoms with Gasteiger partial charge in [0.25, 0.3) is 0 Å². The van der Waals surface area contributed by atoms with Gasteiger partial charge in [0.2, 0.25) is 5.91 Å². The van der Waals surface area contributed by atoms with Gasteiger partial charge in [0, 0.05) is 13.0 Å². The molecule has 1 atom stereocenters. The summed E-state index contributed by atoms with van der Waals surface area (Å²) in [6, 6.07) is -0.00940. The number of aryl methyl sites for hydroxylation is 1. The minimum atomic E-state index is -0.140. The van der Waals surface area contributed by atoms with Crippen molar-refractivity contribution in [1.29, 1.82) is 0 Å². The van der Waals surface area contributed by atoms with Gasteiger partial charge in [-0.05, 0) is 25.8 Å². The van der Waals surface area contributed by atoms with Crippen LogP contribution in [0.5, 0.6) is 0 Å². The SMILES string of the molecule is C=CC(=O)NC(C)c1cnc2n1CCCC2. The maximum Gasteiger partial charge on any atom is 0.243 e. The second kappa shape index (κ2) is 4.51. The number of rotatable bonds is 3. The Bertz CT molecular complexity index is 408. The lowest BCUT2D eigenvalue weighted by Crippen LogP contribution is -2.27. The number of nitrogens with one attached hydrogen (secondary N) is 1. The van der Waals surface area contributed by atoms with Crippen molar-refractivity contribution in [3.05, 3.63) is 30.4 Å². The topological polar surface area (TPSA) is 46.9 Å². The zero-order valence-corrected chi connectivity index (χ0v) is 9.57. The summed E-state index contributed by atoms with van der Waals surface area (Å²) >= 11 is 0. The van der Waals surface area contributed by atoms with E-state index < -0.39 is 0 Å². The van der Waals surface area contributed by atoms with Crippen LogP contribution in [0.15, 0.2) is 18.9 Å². The van der Waals surface area contributed by atoms with Crippen molar-refractivity contribution >= 4 is 5.91 Å². The van der Waals surface area contributed by atoms with Crippen LogP contribution in [0.1, 0.15) is 37.3 Å². The molecule has 0 saturated carbocycles. The van der Waals surface area contributed by atoms with Crippen molar-refractivity contribution in [2.45, 2.75) is 38.8 Å². The van der Waals surface area contributed by atoms with Gasteiger partial charge >= 0.3 is 0 Å². The zero-order valence-electron chi connectivity index (χ0n) is 9.57. The van der Waals surface area contributed by atoms with Crippen LogP contribution < -0.4 is 5.32 Å². The molecule has 1 aromatic rings. The third-order valence-electron chi connectivity index (χ3n) is 2.99. The molecule has 2 heterocycles. The van der Waals surface area contributed by atoms with E-state index in [4.69, 9.17) is 0 Å². The monoisotopic (exact) mass is 219 g/mol. The highest BCUT2D eigenvalue weighted by Gasteiger charge is 2.18. The maximum absolute atomic E-state index is 11.2. The van der Waals surface area contributed by atoms with E-state index in [1.165, 1.54) is 18.9 Å². The predicted molar refractivity (Wildman–Crippen MR) is 61.9 cm³/mol. The molecular formula is C12H17N3O. The van der Waals surface area contributed by atoms with Crippen molar-refractivity contribution in [2.24, 2.45) is 0 Å². The molecule has 1 aliphatic rings. The molecule has 4 nitrogen and oxygen atoms in total. The van der Waals surface area contributed by atoms with Gasteiger partial charge in [-0.1, -0.05) is 6.58 Å². The third-order valence-corrected chi connectivity index (χ3v) is 2.99. The lowest BCUT2D eigenvalue weighted by atomic mass is 10.1. The zero-order chi connectivity index (χ0) is 11.5. The molecule has 0 bridgehead atoms. The maximum atomic E-state index is 11.2. The van der Waals surface area contributed by atoms with Crippen LogP contribution >= 0.6 is 0 Å². The molecule has 0 aromatic carbocycles. The van der Waals surface area contributed by atoms with E-state index in [0.29, 0.717) is 0 Å². The molecule has 1 aromatic heterocycles. The van der Waals surface area contributed by atoms with Crippen molar-refractivity contribution in [3.8, 4) is 0 Å². The largest absolute Gasteiger partial charge is 0.344 e. The molecule has 86 valence electrons. The molecule has 1 amide bonds. The van der Waals surface area contributed by atoms with E-state index >= 15 is 0 Å². The number of aromatic nitrogens is 2. The Hall–Kier alpha value is -1.58. The van der Waals surface area contributed by atoms with Crippen molar-refractivity contribution < 1.29 is 4.79 Å². The minimum Gasteiger partial charge on any atom is -0.344 e. The molecular weight excluding hydrogens is 202 g/mol. The Labute approximate surface area is 95.4 Å². The van der Waals surface area contributed by atoms with Gasteiger partial charge in [0.05, 0.1) is 17.9 Å². The van der Waals surface area contributed by atoms with Gasteiger partial charge in [-0.2, -0.15) is 0 Å². The lowest BCUT2D eigenvalue weighted by Gasteiger charge is -2.20. The van der Waals surface area contributed by atoms with E-state index in [-0.39, 0.29) is 11.9 Å². The van der Waals surface area contributed by atoms with Crippen LogP contribution in [0.4, 0.5) is 0 Å². The van der Waals surface area contributed by atoms with Crippen LogP contribution in [0.25, 0.3) is 0 Å². The molecule has 0 fully saturated rings. The highest BCUT2D eigenvalue weighted by molar-refractivity contribution is 5.87. The molecule has 2 rings (SSSR count). The summed E-state index contributed by atoms with van der Waals surface area (Å²) < 4.78 is 2.22. The summed E-state index contributed by atoms with van der Waals surface area (Å²) in [5.41, 5.74) is 1.09. The molecule has 0 saturated heterocycles. The lowest BCUT2D eigenvalue weighted by molar-refractivity contribution is -0.117. The molecule has 4 heteroatoms. The normalized spacial score (nSPS) is 16.3. The average Bonchev–Trinajstić information content (AvgIpc) is 2.72. The second-order valence-corrected chi connectivity index (χ2v) is 4.14. The molecule has 0 radical (unpaired) electrons. The average molecular weight is 219 g/mol. The van der Waals surface area contributed by atoms with Crippen molar-refractivity contribution in [3.63, 3.8) is 0 Å². The Morgan fingerprint density at radius 3 is 3.25 bits per heavy atom. The van der Waals surface area contributed by atoms with Crippen LogP contribution in [-0.2, 0) is 17.8 Å². The summed E-state index contributed by atoms with van der Waals surface area (Å²) in [5, 5.41) is 2.86. The first-order valence-electron chi connectivity index (χ1n) is 5.69. The van der Waals surface area contributed by atoms with Gasteiger partial charge in [-0.25, -0.2) is 4.98 Å². The van der Waals surface area contributed by atoms with Gasteiger partial charge in [0.15, 0.2) is 0 Å². The summed E-state index contributed by atoms with van der Waals surface area (Å²) in [7, 11) is 0. The third kappa shape index (κ3) is 2.01. The Morgan fingerprint density at radius 2 is 2.50 bits per heavy atom. The van der Waals surface area contributed by atoms with E-state index in [0.717, 1.165) is 24.5 Å². The number of amides is 1. The van der Waals surface area contributed by atoms with Crippen molar-refractivity contribution in [2.75, 3.05) is 0 Å². The van der Waals surface area contributed by atoms with Crippen LogP contribution in [0.3, 0.4) is 0 Å². The first kappa shape index (κ1) is 10.9. The Balaban J connectivity index is 2.17. The van der Waals surface area contributed by atoms with Crippen molar-refractivity contribution in [1.82, 2.24) is 14.9 Å². The number of hydrogen-bond donors (Lipinski definition) is 1. The number of carbonyl (C=O) groups excluding carboxylic acids is 1. The molecule has 1 N–H and O–H groups in total. The van der Waals surface area contributed by atoms with Gasteiger partial charge in [-0.15, -0.1) is 0 Å². The summed E-state index contributed by atoms with van der Waals surface area (Å²) in [5.74, 6) is 1.000. The quantitative estimate of drug-likeness (QED) is 0.785. The van der Waals surface area contributed by atoms with E-state index in [1.807, 2.05) is 13.1 Å². The summed E-state index contributed by atoms with van der Waals surface area (Å²) in [6.07, 6.45) is 6.61. The fourth-order valence-electron chi connectivity index (χ4n) is 2.13. The summed E-state index contributed by atoms with van der Waals surface area (Å²) in [4.78, 5) is 15.6. The predicted octanol–water partition coefficient (Wildman–Crippen LogP) is 1.58. The van der Waals surface area contributed by atoms with E-state index in [2.05, 4.69) is 21.4 Å². The summed E-state index contributed by atoms with van der Waals surface area (Å²) in [6.45, 7) is 6.43. The molecule has 0 aliphatic carbocycles. The van der Waals surface area contributed by atoms with Gasteiger partial charge < -0.3 is 9.88 Å². The Kier molecular flexibility index (Phi) is 3.08. The number of fused-ring (bicyclic) bond motifs is 1. The fourth-order valence-corrected chi connectivity index (χ4v) is 2.13. The smallest absolute Gasteiger partial charge is 0.243 e. The highest BCUT2D eigenvalue weighted by Crippen LogP contribution is 2.20. The first-order chi connectivity index (χ1) is 7.72. The number of hydrogen-bond acceptors (Lipinski definition) is 2. The number of nitrogens with zero attached hydrogens (tertiary/aromatic N) is 2. The Morgan fingerprint density at radius 1 is 1.69 bits per heavy atom. The molecule has 16 heavy (non-hydrogen) atoms. The second-order valence-electron chi connectivity index (χ2n) is 4.14. The van der Waals surface area contributed by atoms with Gasteiger partial charge in [-0.3, -0.25) is 4.79 Å². The van der Waals surface area contributed by atoms with Crippen LogP contribution in [-0.4, -0.2) is 15.5 Å². The molecule has 1 aliphatic heterocycles. The highest BCUT2D eigenvalue weighted by atomic mass is 16.1. The minimum absolute atomic E-state index is 0.00940. The number of carbonyl (C=O) groups is 1. The van der Waals surface area contributed by atoms with E-state index in [1.54, 1.807) is 0 Å². The van der Waals surface area contributed by atoms with Crippen LogP contribution in [0, 0.1) is 0 Å². The standard InChI is InChI=1S/C12H17N3O/c1-3-12(16)14-9(2)10-8-13-11-6-4-5-7-15(10)11/h3,8-9H,1,4-7H2,2H3,(H,14,16).